The van der Waals surface area contributed by atoms with Gasteiger partial charge in [-0.05, 0) is 25.0 Å². The first-order valence-corrected chi connectivity index (χ1v) is 6.48. The molecule has 2 rings (SSSR count). The van der Waals surface area contributed by atoms with E-state index in [4.69, 9.17) is 0 Å². The Labute approximate surface area is 112 Å². The molecule has 1 amide bonds. The summed E-state index contributed by atoms with van der Waals surface area (Å²) < 4.78 is 0. The van der Waals surface area contributed by atoms with Gasteiger partial charge in [0.15, 0.2) is 0 Å². The van der Waals surface area contributed by atoms with E-state index in [1.165, 1.54) is 17.0 Å². The van der Waals surface area contributed by atoms with Crippen molar-refractivity contribution in [1.82, 2.24) is 4.90 Å². The van der Waals surface area contributed by atoms with E-state index < -0.39 is 6.10 Å². The number of rotatable bonds is 2. The van der Waals surface area contributed by atoms with E-state index in [2.05, 4.69) is 0 Å². The summed E-state index contributed by atoms with van der Waals surface area (Å²) in [7, 11) is 1.63. The standard InChI is InChI=1S/C14H19NO4/c1-15(11-4-2-3-5-12(11)17)14(19)10-7-6-9(16)8-13(10)18/h6-8,11-12,16-18H,2-5H2,1H3. The zero-order valence-corrected chi connectivity index (χ0v) is 10.9. The lowest BCUT2D eigenvalue weighted by Crippen LogP contribution is -2.46. The highest BCUT2D eigenvalue weighted by molar-refractivity contribution is 5.97. The molecule has 0 heterocycles. The molecule has 0 radical (unpaired) electrons. The van der Waals surface area contributed by atoms with Crippen LogP contribution in [0.5, 0.6) is 11.5 Å². The molecule has 1 fully saturated rings. The van der Waals surface area contributed by atoms with E-state index in [1.807, 2.05) is 0 Å². The molecule has 2 atom stereocenters. The van der Waals surface area contributed by atoms with Gasteiger partial charge in [-0.25, -0.2) is 0 Å². The second-order valence-electron chi connectivity index (χ2n) is 5.04. The molecular formula is C14H19NO4. The van der Waals surface area contributed by atoms with Crippen LogP contribution in [0.3, 0.4) is 0 Å². The summed E-state index contributed by atoms with van der Waals surface area (Å²) in [6.07, 6.45) is 2.92. The molecule has 2 unspecified atom stereocenters. The van der Waals surface area contributed by atoms with E-state index in [1.54, 1.807) is 7.05 Å². The summed E-state index contributed by atoms with van der Waals surface area (Å²) in [5.74, 6) is -0.681. The maximum atomic E-state index is 12.3. The number of carbonyl (C=O) groups excluding carboxylic acids is 1. The number of hydrogen-bond donors (Lipinski definition) is 3. The van der Waals surface area contributed by atoms with Crippen molar-refractivity contribution >= 4 is 5.91 Å². The van der Waals surface area contributed by atoms with Gasteiger partial charge in [0, 0.05) is 13.1 Å². The van der Waals surface area contributed by atoms with Crippen molar-refractivity contribution in [1.29, 1.82) is 0 Å². The van der Waals surface area contributed by atoms with E-state index in [0.717, 1.165) is 25.3 Å². The lowest BCUT2D eigenvalue weighted by atomic mass is 9.91. The molecule has 104 valence electrons. The molecular weight excluding hydrogens is 246 g/mol. The number of aromatic hydroxyl groups is 2. The van der Waals surface area contributed by atoms with Gasteiger partial charge in [-0.1, -0.05) is 12.8 Å². The number of phenols is 2. The van der Waals surface area contributed by atoms with Gasteiger partial charge < -0.3 is 20.2 Å². The minimum absolute atomic E-state index is 0.0885. The lowest BCUT2D eigenvalue weighted by Gasteiger charge is -2.35. The maximum absolute atomic E-state index is 12.3. The first-order chi connectivity index (χ1) is 9.00. The second kappa shape index (κ2) is 5.48. The number of hydrogen-bond acceptors (Lipinski definition) is 4. The molecule has 1 aliphatic rings. The topological polar surface area (TPSA) is 81.0 Å². The molecule has 5 heteroatoms. The van der Waals surface area contributed by atoms with Crippen LogP contribution in [0.2, 0.25) is 0 Å². The highest BCUT2D eigenvalue weighted by Gasteiger charge is 2.30. The van der Waals surface area contributed by atoms with Gasteiger partial charge in [-0.15, -0.1) is 0 Å². The Hall–Kier alpha value is -1.75. The van der Waals surface area contributed by atoms with E-state index >= 15 is 0 Å². The number of nitrogens with zero attached hydrogens (tertiary/aromatic N) is 1. The summed E-state index contributed by atoms with van der Waals surface area (Å²) in [4.78, 5) is 13.8. The molecule has 5 nitrogen and oxygen atoms in total. The first kappa shape index (κ1) is 13.7. The summed E-state index contributed by atoms with van der Waals surface area (Å²) in [6, 6.07) is 3.67. The number of aliphatic hydroxyl groups is 1. The number of amides is 1. The van der Waals surface area contributed by atoms with Crippen molar-refractivity contribution in [2.45, 2.75) is 37.8 Å². The van der Waals surface area contributed by atoms with E-state index in [9.17, 15) is 20.1 Å². The third-order valence-corrected chi connectivity index (χ3v) is 3.72. The third-order valence-electron chi connectivity index (χ3n) is 3.72. The quantitative estimate of drug-likeness (QED) is 0.756. The van der Waals surface area contributed by atoms with Gasteiger partial charge in [0.1, 0.15) is 11.5 Å². The minimum Gasteiger partial charge on any atom is -0.508 e. The van der Waals surface area contributed by atoms with Crippen molar-refractivity contribution in [2.75, 3.05) is 7.05 Å². The van der Waals surface area contributed by atoms with E-state index in [-0.39, 0.29) is 29.0 Å². The highest BCUT2D eigenvalue weighted by atomic mass is 16.3. The van der Waals surface area contributed by atoms with Crippen LogP contribution in [-0.4, -0.2) is 45.3 Å². The highest BCUT2D eigenvalue weighted by Crippen LogP contribution is 2.27. The Bertz CT molecular complexity index is 475. The summed E-state index contributed by atoms with van der Waals surface area (Å²) in [5, 5.41) is 28.9. The number of phenolic OH excluding ortho intramolecular Hbond substituents is 2. The summed E-state index contributed by atoms with van der Waals surface area (Å²) >= 11 is 0. The third kappa shape index (κ3) is 2.81. The Morgan fingerprint density at radius 1 is 1.26 bits per heavy atom. The van der Waals surface area contributed by atoms with Crippen LogP contribution in [0.4, 0.5) is 0 Å². The Balaban J connectivity index is 2.18. The summed E-state index contributed by atoms with van der Waals surface area (Å²) in [5.41, 5.74) is 0.137. The molecule has 1 saturated carbocycles. The van der Waals surface area contributed by atoms with Gasteiger partial charge in [-0.2, -0.15) is 0 Å². The molecule has 3 N–H and O–H groups in total. The van der Waals surface area contributed by atoms with E-state index in [0.29, 0.717) is 6.42 Å². The van der Waals surface area contributed by atoms with Crippen molar-refractivity contribution in [2.24, 2.45) is 0 Å². The fourth-order valence-corrected chi connectivity index (χ4v) is 2.58. The number of benzene rings is 1. The maximum Gasteiger partial charge on any atom is 0.257 e. The van der Waals surface area contributed by atoms with Gasteiger partial charge in [0.05, 0.1) is 17.7 Å². The molecule has 0 spiro atoms. The average Bonchev–Trinajstić information content (AvgIpc) is 2.38. The Morgan fingerprint density at radius 2 is 1.95 bits per heavy atom. The SMILES string of the molecule is CN(C(=O)c1ccc(O)cc1O)C1CCCCC1O. The number of aliphatic hydroxyl groups excluding tert-OH is 1. The molecule has 0 aromatic heterocycles. The van der Waals surface area contributed by atoms with Crippen LogP contribution >= 0.6 is 0 Å². The second-order valence-corrected chi connectivity index (χ2v) is 5.04. The monoisotopic (exact) mass is 265 g/mol. The first-order valence-electron chi connectivity index (χ1n) is 6.48. The summed E-state index contributed by atoms with van der Waals surface area (Å²) in [6.45, 7) is 0. The smallest absolute Gasteiger partial charge is 0.257 e. The van der Waals surface area contributed by atoms with Crippen LogP contribution < -0.4 is 0 Å². The lowest BCUT2D eigenvalue weighted by molar-refractivity contribution is 0.0266. The van der Waals surface area contributed by atoms with Crippen LogP contribution in [0.1, 0.15) is 36.0 Å². The van der Waals surface area contributed by atoms with Gasteiger partial charge in [-0.3, -0.25) is 4.79 Å². The van der Waals surface area contributed by atoms with Gasteiger partial charge >= 0.3 is 0 Å². The molecule has 0 aliphatic heterocycles. The Morgan fingerprint density at radius 3 is 2.58 bits per heavy atom. The van der Waals surface area contributed by atoms with Crippen molar-refractivity contribution in [3.63, 3.8) is 0 Å². The van der Waals surface area contributed by atoms with Crippen molar-refractivity contribution < 1.29 is 20.1 Å². The number of carbonyl (C=O) groups is 1. The fourth-order valence-electron chi connectivity index (χ4n) is 2.58. The predicted molar refractivity (Wildman–Crippen MR) is 70.1 cm³/mol. The zero-order chi connectivity index (χ0) is 14.0. The van der Waals surface area contributed by atoms with Crippen LogP contribution in [-0.2, 0) is 0 Å². The van der Waals surface area contributed by atoms with Crippen LogP contribution in [0.15, 0.2) is 18.2 Å². The largest absolute Gasteiger partial charge is 0.508 e. The molecule has 1 aromatic rings. The zero-order valence-electron chi connectivity index (χ0n) is 10.9. The molecule has 0 bridgehead atoms. The fraction of sp³-hybridized carbons (Fsp3) is 0.500. The van der Waals surface area contributed by atoms with Crippen molar-refractivity contribution in [3.8, 4) is 11.5 Å². The molecule has 0 saturated heterocycles. The van der Waals surface area contributed by atoms with Crippen molar-refractivity contribution in [3.05, 3.63) is 23.8 Å². The molecule has 19 heavy (non-hydrogen) atoms. The minimum atomic E-state index is -0.512. The predicted octanol–water partition coefficient (Wildman–Crippen LogP) is 1.47. The average molecular weight is 265 g/mol. The van der Waals surface area contributed by atoms with Crippen LogP contribution in [0, 0.1) is 0 Å². The van der Waals surface area contributed by atoms with Gasteiger partial charge in [0.2, 0.25) is 0 Å². The molecule has 1 aliphatic carbocycles. The molecule has 1 aromatic carbocycles. The van der Waals surface area contributed by atoms with Crippen LogP contribution in [0.25, 0.3) is 0 Å². The van der Waals surface area contributed by atoms with Gasteiger partial charge in [0.25, 0.3) is 5.91 Å². The normalized spacial score (nSPS) is 23.1. The Kier molecular flexibility index (Phi) is 3.95. The number of likely N-dealkylation sites (N-methyl/N-ethyl adjacent to an activating group) is 1.